The molecule has 3 aliphatic rings. The summed E-state index contributed by atoms with van der Waals surface area (Å²) in [4.78, 5) is 48.2. The van der Waals surface area contributed by atoms with Crippen molar-refractivity contribution in [2.75, 3.05) is 32.8 Å². The van der Waals surface area contributed by atoms with Crippen LogP contribution in [0.3, 0.4) is 0 Å². The number of likely N-dealkylation sites (tertiary alicyclic amines) is 1. The standard InChI is InChI=1S/C30H33ClF4N6O5S/c1-5-46-27(43)20-18(37-25(26-36-9-11-47-26)38-23(20)16-6-7-17(32)22(33)21(16)31)12-39-14-30(34,35)24-19(39)13-41(15(2)42)40(24)10-8-29(3,4)28(44)45/h6-7,9,11,19,23-24H,5,8,10,12-14H2,1-4H3,(H,37,38)(H,44,45)/t19-,23-,24+/m0/s1. The van der Waals surface area contributed by atoms with E-state index < -0.39 is 70.5 Å². The fourth-order valence-electron chi connectivity index (χ4n) is 6.07. The first kappa shape index (κ1) is 34.7. The van der Waals surface area contributed by atoms with Crippen LogP contribution >= 0.6 is 22.9 Å². The number of aliphatic carboxylic acids is 1. The van der Waals surface area contributed by atoms with Gasteiger partial charge in [0.15, 0.2) is 22.5 Å². The number of hydrogen-bond acceptors (Lipinski definition) is 10. The minimum Gasteiger partial charge on any atom is -0.481 e. The number of aliphatic imine (C=N–C) groups is 1. The van der Waals surface area contributed by atoms with Gasteiger partial charge in [0.05, 0.1) is 41.7 Å². The van der Waals surface area contributed by atoms with Crippen molar-refractivity contribution in [3.05, 3.63) is 62.2 Å². The van der Waals surface area contributed by atoms with E-state index in [-0.39, 0.29) is 55.3 Å². The Labute approximate surface area is 276 Å². The number of fused-ring (bicyclic) bond motifs is 1. The number of aromatic nitrogens is 1. The molecule has 11 nitrogen and oxygen atoms in total. The quantitative estimate of drug-likeness (QED) is 0.213. The van der Waals surface area contributed by atoms with Crippen LogP contribution in [0.4, 0.5) is 17.6 Å². The third-order valence-electron chi connectivity index (χ3n) is 8.56. The largest absolute Gasteiger partial charge is 0.481 e. The van der Waals surface area contributed by atoms with Gasteiger partial charge in [-0.25, -0.2) is 32.3 Å². The normalized spacial score (nSPS) is 23.0. The van der Waals surface area contributed by atoms with Crippen molar-refractivity contribution in [3.63, 3.8) is 0 Å². The highest BCUT2D eigenvalue weighted by Crippen LogP contribution is 2.44. The van der Waals surface area contributed by atoms with E-state index in [4.69, 9.17) is 16.3 Å². The van der Waals surface area contributed by atoms with Gasteiger partial charge in [-0.2, -0.15) is 0 Å². The molecule has 2 saturated heterocycles. The smallest absolute Gasteiger partial charge is 0.338 e. The van der Waals surface area contributed by atoms with Gasteiger partial charge >= 0.3 is 11.9 Å². The number of carbonyl (C=O) groups excluding carboxylic acids is 2. The lowest BCUT2D eigenvalue weighted by Gasteiger charge is -2.35. The molecule has 5 rings (SSSR count). The van der Waals surface area contributed by atoms with Crippen LogP contribution in [0, 0.1) is 17.0 Å². The van der Waals surface area contributed by atoms with Crippen molar-refractivity contribution in [1.82, 2.24) is 25.2 Å². The minimum atomic E-state index is -3.35. The summed E-state index contributed by atoms with van der Waals surface area (Å²) >= 11 is 7.43. The second-order valence-electron chi connectivity index (χ2n) is 12.1. The number of rotatable bonds is 10. The Bertz CT molecular complexity index is 1640. The second kappa shape index (κ2) is 13.1. The highest BCUT2D eigenvalue weighted by atomic mass is 35.5. The Kier molecular flexibility index (Phi) is 9.70. The Morgan fingerprint density at radius 1 is 1.26 bits per heavy atom. The van der Waals surface area contributed by atoms with E-state index in [0.29, 0.717) is 5.01 Å². The van der Waals surface area contributed by atoms with E-state index in [9.17, 15) is 28.3 Å². The first-order valence-corrected chi connectivity index (χ1v) is 16.0. The number of thiazole rings is 1. The Hall–Kier alpha value is -3.60. The van der Waals surface area contributed by atoms with Gasteiger partial charge in [-0.3, -0.25) is 24.5 Å². The molecule has 0 saturated carbocycles. The number of alkyl halides is 2. The molecule has 0 unspecified atom stereocenters. The number of ether oxygens (including phenoxy) is 1. The number of carbonyl (C=O) groups is 3. The molecule has 254 valence electrons. The van der Waals surface area contributed by atoms with Gasteiger partial charge in [0.25, 0.3) is 5.92 Å². The number of amides is 1. The van der Waals surface area contributed by atoms with Gasteiger partial charge in [-0.15, -0.1) is 11.3 Å². The summed E-state index contributed by atoms with van der Waals surface area (Å²) in [6, 6.07) is -1.69. The minimum absolute atomic E-state index is 0.00453. The molecule has 2 fully saturated rings. The second-order valence-corrected chi connectivity index (χ2v) is 13.4. The van der Waals surface area contributed by atoms with Crippen LogP contribution in [0.1, 0.15) is 50.7 Å². The fraction of sp³-hybridized carbons (Fsp3) is 0.500. The van der Waals surface area contributed by atoms with Gasteiger partial charge in [-0.1, -0.05) is 17.7 Å². The SMILES string of the molecule is CCOC(=O)C1=C(CN2CC(F)(F)[C@H]3[C@@H]2CN(C(C)=O)N3CCC(C)(C)C(=O)O)NC(c2nccs2)=N[C@H]1c1ccc(F)c(F)c1Cl. The Morgan fingerprint density at radius 3 is 2.60 bits per heavy atom. The highest BCUT2D eigenvalue weighted by Gasteiger charge is 2.62. The molecule has 0 spiro atoms. The average molecular weight is 701 g/mol. The number of esters is 1. The molecule has 47 heavy (non-hydrogen) atoms. The molecule has 3 aliphatic heterocycles. The van der Waals surface area contributed by atoms with Crippen LogP contribution in [0.2, 0.25) is 5.02 Å². The molecule has 1 aromatic heterocycles. The lowest BCUT2D eigenvalue weighted by Crippen LogP contribution is -2.52. The Morgan fingerprint density at radius 2 is 1.98 bits per heavy atom. The van der Waals surface area contributed by atoms with E-state index in [0.717, 1.165) is 6.07 Å². The van der Waals surface area contributed by atoms with Crippen LogP contribution < -0.4 is 5.32 Å². The maximum Gasteiger partial charge on any atom is 0.338 e. The maximum absolute atomic E-state index is 15.9. The number of nitrogens with one attached hydrogen (secondary N) is 1. The molecule has 2 aromatic rings. The Balaban J connectivity index is 1.57. The highest BCUT2D eigenvalue weighted by molar-refractivity contribution is 7.11. The zero-order valence-corrected chi connectivity index (χ0v) is 27.5. The van der Waals surface area contributed by atoms with Crippen LogP contribution in [0.25, 0.3) is 0 Å². The predicted octanol–water partition coefficient (Wildman–Crippen LogP) is 4.25. The van der Waals surface area contributed by atoms with E-state index in [1.54, 1.807) is 12.3 Å². The van der Waals surface area contributed by atoms with Gasteiger partial charge in [-0.05, 0) is 33.3 Å². The van der Waals surface area contributed by atoms with Crippen molar-refractivity contribution in [3.8, 4) is 0 Å². The maximum atomic E-state index is 15.9. The molecule has 4 heterocycles. The first-order valence-electron chi connectivity index (χ1n) is 14.8. The number of hydrazine groups is 1. The summed E-state index contributed by atoms with van der Waals surface area (Å²) in [5.41, 5.74) is -1.33. The molecule has 2 N–H and O–H groups in total. The summed E-state index contributed by atoms with van der Waals surface area (Å²) in [5.74, 6) is -8.23. The van der Waals surface area contributed by atoms with Crippen LogP contribution in [-0.2, 0) is 19.1 Å². The van der Waals surface area contributed by atoms with Crippen LogP contribution in [0.15, 0.2) is 40.0 Å². The van der Waals surface area contributed by atoms with Crippen LogP contribution in [-0.4, -0.2) is 99.5 Å². The summed E-state index contributed by atoms with van der Waals surface area (Å²) in [6.45, 7) is 4.45. The van der Waals surface area contributed by atoms with Gasteiger partial charge in [0.1, 0.15) is 12.1 Å². The fourth-order valence-corrected chi connectivity index (χ4v) is 6.91. The number of amidine groups is 1. The summed E-state index contributed by atoms with van der Waals surface area (Å²) in [6.07, 6.45) is 1.50. The van der Waals surface area contributed by atoms with Crippen molar-refractivity contribution >= 4 is 46.6 Å². The first-order chi connectivity index (χ1) is 22.1. The summed E-state index contributed by atoms with van der Waals surface area (Å²) in [5, 5.41) is 16.5. The number of carboxylic acids is 1. The lowest BCUT2D eigenvalue weighted by molar-refractivity contribution is -0.156. The van der Waals surface area contributed by atoms with E-state index >= 15 is 8.78 Å². The number of benzene rings is 1. The number of halogens is 5. The molecular formula is C30H33ClF4N6O5S. The van der Waals surface area contributed by atoms with E-state index in [1.165, 1.54) is 59.3 Å². The van der Waals surface area contributed by atoms with Crippen molar-refractivity contribution in [2.45, 2.75) is 58.2 Å². The monoisotopic (exact) mass is 700 g/mol. The summed E-state index contributed by atoms with van der Waals surface area (Å²) < 4.78 is 65.9. The van der Waals surface area contributed by atoms with Crippen molar-refractivity contribution in [2.24, 2.45) is 10.4 Å². The van der Waals surface area contributed by atoms with E-state index in [2.05, 4.69) is 15.3 Å². The summed E-state index contributed by atoms with van der Waals surface area (Å²) in [7, 11) is 0. The van der Waals surface area contributed by atoms with Gasteiger partial charge < -0.3 is 15.2 Å². The lowest BCUT2D eigenvalue weighted by atomic mass is 9.89. The number of nitrogens with zero attached hydrogens (tertiary/aromatic N) is 5. The van der Waals surface area contributed by atoms with Gasteiger partial charge in [0.2, 0.25) is 5.91 Å². The molecule has 1 aromatic carbocycles. The number of carboxylic acid groups (broad SMARTS) is 1. The van der Waals surface area contributed by atoms with Crippen LogP contribution in [0.5, 0.6) is 0 Å². The van der Waals surface area contributed by atoms with E-state index in [1.807, 2.05) is 0 Å². The molecule has 17 heteroatoms. The van der Waals surface area contributed by atoms with Gasteiger partial charge in [0, 0.05) is 42.9 Å². The molecule has 0 aliphatic carbocycles. The molecule has 3 atom stereocenters. The molecular weight excluding hydrogens is 668 g/mol. The third kappa shape index (κ3) is 6.60. The zero-order chi connectivity index (χ0) is 34.4. The average Bonchev–Trinajstić information content (AvgIpc) is 3.72. The topological polar surface area (TPSA) is 128 Å². The zero-order valence-electron chi connectivity index (χ0n) is 25.9. The van der Waals surface area contributed by atoms with Crippen molar-refractivity contribution < 1.29 is 41.8 Å². The number of hydrogen-bond donors (Lipinski definition) is 2. The molecule has 1 amide bonds. The molecule has 0 radical (unpaired) electrons. The predicted molar refractivity (Wildman–Crippen MR) is 164 cm³/mol. The van der Waals surface area contributed by atoms with Crippen molar-refractivity contribution in [1.29, 1.82) is 0 Å². The molecule has 0 bridgehead atoms. The third-order valence-corrected chi connectivity index (χ3v) is 9.72.